The van der Waals surface area contributed by atoms with E-state index in [1.54, 1.807) is 32.5 Å². The van der Waals surface area contributed by atoms with Gasteiger partial charge in [0, 0.05) is 17.5 Å². The molecule has 1 unspecified atom stereocenters. The molecule has 4 nitrogen and oxygen atoms in total. The molecule has 1 N–H and O–H groups in total. The van der Waals surface area contributed by atoms with Gasteiger partial charge in [-0.05, 0) is 25.1 Å². The zero-order chi connectivity index (χ0) is 13.8. The van der Waals surface area contributed by atoms with E-state index in [9.17, 15) is 5.11 Å². The van der Waals surface area contributed by atoms with E-state index < -0.39 is 6.10 Å². The smallest absolute Gasteiger partial charge is 0.128 e. The summed E-state index contributed by atoms with van der Waals surface area (Å²) >= 11 is 0. The van der Waals surface area contributed by atoms with E-state index in [-0.39, 0.29) is 0 Å². The predicted octanol–water partition coefficient (Wildman–Crippen LogP) is 2.49. The van der Waals surface area contributed by atoms with Crippen molar-refractivity contribution in [2.45, 2.75) is 13.0 Å². The lowest BCUT2D eigenvalue weighted by atomic mass is 10.0. The molecule has 0 aliphatic carbocycles. The Bertz CT molecular complexity index is 530. The second-order valence-corrected chi connectivity index (χ2v) is 4.21. The lowest BCUT2D eigenvalue weighted by Crippen LogP contribution is -2.05. The van der Waals surface area contributed by atoms with Gasteiger partial charge in [0.25, 0.3) is 0 Å². The summed E-state index contributed by atoms with van der Waals surface area (Å²) in [6.07, 6.45) is 0.825. The van der Waals surface area contributed by atoms with Crippen molar-refractivity contribution in [1.82, 2.24) is 4.98 Å². The third-order valence-corrected chi connectivity index (χ3v) is 2.99. The molecule has 2 rings (SSSR count). The standard InChI is InChI=1S/C15H17NO3/c1-10-7-8-11(9-16-10)15(17)14-12(18-2)5-4-6-13(14)19-3/h4-9,15,17H,1-3H3. The molecule has 0 saturated heterocycles. The first-order chi connectivity index (χ1) is 9.17. The van der Waals surface area contributed by atoms with Crippen molar-refractivity contribution < 1.29 is 14.6 Å². The van der Waals surface area contributed by atoms with Gasteiger partial charge in [-0.1, -0.05) is 12.1 Å². The largest absolute Gasteiger partial charge is 0.496 e. The molecule has 0 saturated carbocycles. The van der Waals surface area contributed by atoms with Gasteiger partial charge in [0.05, 0.1) is 19.8 Å². The van der Waals surface area contributed by atoms with Gasteiger partial charge in [-0.15, -0.1) is 0 Å². The highest BCUT2D eigenvalue weighted by molar-refractivity contribution is 5.49. The van der Waals surface area contributed by atoms with E-state index in [2.05, 4.69) is 4.98 Å². The van der Waals surface area contributed by atoms with Crippen molar-refractivity contribution in [2.24, 2.45) is 0 Å². The van der Waals surface area contributed by atoms with E-state index >= 15 is 0 Å². The highest BCUT2D eigenvalue weighted by atomic mass is 16.5. The summed E-state index contributed by atoms with van der Waals surface area (Å²) in [6.45, 7) is 1.90. The van der Waals surface area contributed by atoms with Gasteiger partial charge >= 0.3 is 0 Å². The molecule has 1 aromatic heterocycles. The van der Waals surface area contributed by atoms with Crippen LogP contribution in [0.2, 0.25) is 0 Å². The van der Waals surface area contributed by atoms with Crippen molar-refractivity contribution in [3.8, 4) is 11.5 Å². The summed E-state index contributed by atoms with van der Waals surface area (Å²) < 4.78 is 10.6. The molecule has 0 spiro atoms. The molecule has 19 heavy (non-hydrogen) atoms. The molecule has 100 valence electrons. The minimum absolute atomic E-state index is 0.590. The van der Waals surface area contributed by atoms with E-state index in [1.807, 2.05) is 25.1 Å². The Balaban J connectivity index is 2.47. The van der Waals surface area contributed by atoms with Crippen molar-refractivity contribution in [3.05, 3.63) is 53.3 Å². The fourth-order valence-corrected chi connectivity index (χ4v) is 1.96. The van der Waals surface area contributed by atoms with Crippen LogP contribution in [-0.4, -0.2) is 24.3 Å². The first-order valence-electron chi connectivity index (χ1n) is 5.99. The normalized spacial score (nSPS) is 12.0. The number of pyridine rings is 1. The number of aromatic nitrogens is 1. The molecule has 0 fully saturated rings. The summed E-state index contributed by atoms with van der Waals surface area (Å²) in [4.78, 5) is 4.20. The second kappa shape index (κ2) is 5.71. The number of benzene rings is 1. The predicted molar refractivity (Wildman–Crippen MR) is 72.6 cm³/mol. The van der Waals surface area contributed by atoms with Crippen LogP contribution in [0, 0.1) is 6.92 Å². The fraction of sp³-hybridized carbons (Fsp3) is 0.267. The maximum Gasteiger partial charge on any atom is 0.128 e. The van der Waals surface area contributed by atoms with Gasteiger partial charge in [-0.25, -0.2) is 0 Å². The minimum Gasteiger partial charge on any atom is -0.496 e. The topological polar surface area (TPSA) is 51.6 Å². The SMILES string of the molecule is COc1cccc(OC)c1C(O)c1ccc(C)nc1. The fourth-order valence-electron chi connectivity index (χ4n) is 1.96. The number of nitrogens with zero attached hydrogens (tertiary/aromatic N) is 1. The van der Waals surface area contributed by atoms with Crippen molar-refractivity contribution in [1.29, 1.82) is 0 Å². The molecule has 1 aromatic carbocycles. The number of hydrogen-bond acceptors (Lipinski definition) is 4. The summed E-state index contributed by atoms with van der Waals surface area (Å²) in [6, 6.07) is 9.12. The third kappa shape index (κ3) is 2.69. The molecule has 4 heteroatoms. The molecule has 0 aliphatic heterocycles. The van der Waals surface area contributed by atoms with E-state index in [0.29, 0.717) is 22.6 Å². The van der Waals surface area contributed by atoms with Crippen LogP contribution < -0.4 is 9.47 Å². The monoisotopic (exact) mass is 259 g/mol. The van der Waals surface area contributed by atoms with E-state index in [4.69, 9.17) is 9.47 Å². The van der Waals surface area contributed by atoms with Crippen molar-refractivity contribution >= 4 is 0 Å². The summed E-state index contributed by atoms with van der Waals surface area (Å²) in [7, 11) is 3.14. The molecule has 2 aromatic rings. The Morgan fingerprint density at radius 2 is 1.68 bits per heavy atom. The average molecular weight is 259 g/mol. The van der Waals surface area contributed by atoms with Crippen LogP contribution in [0.3, 0.4) is 0 Å². The van der Waals surface area contributed by atoms with Crippen LogP contribution in [0.15, 0.2) is 36.5 Å². The maximum absolute atomic E-state index is 10.5. The Kier molecular flexibility index (Phi) is 4.02. The van der Waals surface area contributed by atoms with Gasteiger partial charge in [-0.3, -0.25) is 4.98 Å². The lowest BCUT2D eigenvalue weighted by Gasteiger charge is -2.18. The highest BCUT2D eigenvalue weighted by Crippen LogP contribution is 2.36. The van der Waals surface area contributed by atoms with Crippen LogP contribution in [0.4, 0.5) is 0 Å². The minimum atomic E-state index is -0.834. The number of aliphatic hydroxyl groups is 1. The Hall–Kier alpha value is -2.07. The molecule has 0 bridgehead atoms. The van der Waals surface area contributed by atoms with Gasteiger partial charge in [0.15, 0.2) is 0 Å². The van der Waals surface area contributed by atoms with Crippen LogP contribution in [-0.2, 0) is 0 Å². The quantitative estimate of drug-likeness (QED) is 0.916. The number of ether oxygens (including phenoxy) is 2. The Labute approximate surface area is 112 Å². The second-order valence-electron chi connectivity index (χ2n) is 4.21. The van der Waals surface area contributed by atoms with Gasteiger partial charge < -0.3 is 14.6 Å². The van der Waals surface area contributed by atoms with Crippen LogP contribution >= 0.6 is 0 Å². The number of aryl methyl sites for hydroxylation is 1. The summed E-state index contributed by atoms with van der Waals surface area (Å²) in [5.74, 6) is 1.18. The number of aliphatic hydroxyl groups excluding tert-OH is 1. The van der Waals surface area contributed by atoms with E-state index in [0.717, 1.165) is 5.69 Å². The molecule has 0 amide bonds. The van der Waals surface area contributed by atoms with Crippen LogP contribution in [0.1, 0.15) is 22.9 Å². The maximum atomic E-state index is 10.5. The molecule has 0 radical (unpaired) electrons. The van der Waals surface area contributed by atoms with Crippen molar-refractivity contribution in [2.75, 3.05) is 14.2 Å². The number of methoxy groups -OCH3 is 2. The molecular formula is C15H17NO3. The highest BCUT2D eigenvalue weighted by Gasteiger charge is 2.20. The zero-order valence-corrected chi connectivity index (χ0v) is 11.3. The first kappa shape index (κ1) is 13.4. The molecule has 1 atom stereocenters. The van der Waals surface area contributed by atoms with Gasteiger partial charge in [-0.2, -0.15) is 0 Å². The summed E-state index contributed by atoms with van der Waals surface area (Å²) in [5, 5.41) is 10.5. The van der Waals surface area contributed by atoms with Crippen LogP contribution in [0.5, 0.6) is 11.5 Å². The van der Waals surface area contributed by atoms with Crippen LogP contribution in [0.25, 0.3) is 0 Å². The summed E-state index contributed by atoms with van der Waals surface area (Å²) in [5.41, 5.74) is 2.22. The number of rotatable bonds is 4. The Morgan fingerprint density at radius 3 is 2.16 bits per heavy atom. The van der Waals surface area contributed by atoms with Crippen molar-refractivity contribution in [3.63, 3.8) is 0 Å². The van der Waals surface area contributed by atoms with Gasteiger partial charge in [0.2, 0.25) is 0 Å². The van der Waals surface area contributed by atoms with Gasteiger partial charge in [0.1, 0.15) is 17.6 Å². The van der Waals surface area contributed by atoms with E-state index in [1.165, 1.54) is 0 Å². The zero-order valence-electron chi connectivity index (χ0n) is 11.3. The number of hydrogen-bond donors (Lipinski definition) is 1. The molecule has 1 heterocycles. The molecular weight excluding hydrogens is 242 g/mol. The molecule has 0 aliphatic rings. The first-order valence-corrected chi connectivity index (χ1v) is 5.99. The lowest BCUT2D eigenvalue weighted by molar-refractivity contribution is 0.208. The Morgan fingerprint density at radius 1 is 1.05 bits per heavy atom. The average Bonchev–Trinajstić information content (AvgIpc) is 2.46. The third-order valence-electron chi connectivity index (χ3n) is 2.99.